The Kier molecular flexibility index (Phi) is 6.74. The van der Waals surface area contributed by atoms with E-state index in [4.69, 9.17) is 15.6 Å². The molecule has 0 saturated carbocycles. The van der Waals surface area contributed by atoms with Gasteiger partial charge in [-0.3, -0.25) is 9.59 Å². The van der Waals surface area contributed by atoms with Crippen LogP contribution < -0.4 is 16.4 Å². The molecule has 8 nitrogen and oxygen atoms in total. The molecule has 1 aliphatic rings. The Bertz CT molecular complexity index is 1150. The molecular formula is C25H29N5O3. The van der Waals surface area contributed by atoms with Crippen molar-refractivity contribution < 1.29 is 14.3 Å². The molecule has 0 spiro atoms. The highest BCUT2D eigenvalue weighted by Crippen LogP contribution is 2.33. The van der Waals surface area contributed by atoms with E-state index in [-0.39, 0.29) is 11.9 Å². The summed E-state index contributed by atoms with van der Waals surface area (Å²) in [7, 11) is 1.77. The minimum absolute atomic E-state index is 0.109. The average molecular weight is 448 g/mol. The van der Waals surface area contributed by atoms with Gasteiger partial charge in [0.15, 0.2) is 0 Å². The van der Waals surface area contributed by atoms with E-state index >= 15 is 0 Å². The number of carbonyl (C=O) groups is 2. The minimum Gasteiger partial charge on any atom is -0.381 e. The van der Waals surface area contributed by atoms with Crippen molar-refractivity contribution in [3.63, 3.8) is 0 Å². The molecule has 3 aromatic rings. The molecule has 8 heteroatoms. The van der Waals surface area contributed by atoms with E-state index in [1.807, 2.05) is 60.1 Å². The van der Waals surface area contributed by atoms with E-state index in [1.54, 1.807) is 7.05 Å². The second-order valence-electron chi connectivity index (χ2n) is 8.17. The number of aryl methyl sites for hydroxylation is 1. The fraction of sp³-hybridized carbons (Fsp3) is 0.320. The SMILES string of the molecule is CNc1c(C(N)=O)c(-c2ccc(CNC(=O)c3ccccc3C)cc2)nn1C1CCOCC1. The number of nitrogens with one attached hydrogen (secondary N) is 2. The topological polar surface area (TPSA) is 111 Å². The Morgan fingerprint density at radius 3 is 2.45 bits per heavy atom. The maximum atomic E-state index is 12.5. The van der Waals surface area contributed by atoms with Gasteiger partial charge in [0, 0.05) is 37.9 Å². The van der Waals surface area contributed by atoms with Gasteiger partial charge in [-0.25, -0.2) is 4.68 Å². The number of benzene rings is 2. The summed E-state index contributed by atoms with van der Waals surface area (Å²) in [6, 6.07) is 15.3. The molecule has 0 aliphatic carbocycles. The molecule has 0 bridgehead atoms. The molecule has 0 atom stereocenters. The third kappa shape index (κ3) is 4.75. The molecule has 4 N–H and O–H groups in total. The first-order valence-corrected chi connectivity index (χ1v) is 11.1. The van der Waals surface area contributed by atoms with Crippen LogP contribution in [0.1, 0.15) is 50.7 Å². The molecular weight excluding hydrogens is 418 g/mol. The van der Waals surface area contributed by atoms with E-state index in [1.165, 1.54) is 0 Å². The van der Waals surface area contributed by atoms with Crippen LogP contribution in [0.4, 0.5) is 5.82 Å². The van der Waals surface area contributed by atoms with Crippen molar-refractivity contribution in [3.8, 4) is 11.3 Å². The summed E-state index contributed by atoms with van der Waals surface area (Å²) in [6.07, 6.45) is 1.65. The predicted octanol–water partition coefficient (Wildman–Crippen LogP) is 3.28. The highest BCUT2D eigenvalue weighted by molar-refractivity contribution is 6.03. The molecule has 0 radical (unpaired) electrons. The normalized spacial score (nSPS) is 14.1. The summed E-state index contributed by atoms with van der Waals surface area (Å²) >= 11 is 0. The van der Waals surface area contributed by atoms with Gasteiger partial charge in [-0.05, 0) is 37.0 Å². The lowest BCUT2D eigenvalue weighted by Gasteiger charge is -2.24. The van der Waals surface area contributed by atoms with E-state index in [0.717, 1.165) is 29.5 Å². The van der Waals surface area contributed by atoms with Crippen LogP contribution in [-0.2, 0) is 11.3 Å². The number of carbonyl (C=O) groups excluding carboxylic acids is 2. The lowest BCUT2D eigenvalue weighted by molar-refractivity contribution is 0.0669. The third-order valence-electron chi connectivity index (χ3n) is 6.00. The maximum Gasteiger partial charge on any atom is 0.254 e. The zero-order valence-electron chi connectivity index (χ0n) is 18.9. The number of hydrogen-bond donors (Lipinski definition) is 3. The number of amides is 2. The molecule has 1 aromatic heterocycles. The Labute approximate surface area is 193 Å². The van der Waals surface area contributed by atoms with Crippen molar-refractivity contribution in [3.05, 3.63) is 70.8 Å². The summed E-state index contributed by atoms with van der Waals surface area (Å²) < 4.78 is 7.34. The van der Waals surface area contributed by atoms with Crippen LogP contribution in [0, 0.1) is 6.92 Å². The number of nitrogens with zero attached hydrogens (tertiary/aromatic N) is 2. The Balaban J connectivity index is 1.55. The second-order valence-corrected chi connectivity index (χ2v) is 8.17. The molecule has 2 aromatic carbocycles. The predicted molar refractivity (Wildman–Crippen MR) is 127 cm³/mol. The molecule has 1 aliphatic heterocycles. The average Bonchev–Trinajstić information content (AvgIpc) is 3.24. The molecule has 1 saturated heterocycles. The van der Waals surface area contributed by atoms with Gasteiger partial charge in [0.2, 0.25) is 0 Å². The lowest BCUT2D eigenvalue weighted by atomic mass is 10.0. The van der Waals surface area contributed by atoms with Crippen molar-refractivity contribution in [1.29, 1.82) is 0 Å². The first kappa shape index (κ1) is 22.5. The van der Waals surface area contributed by atoms with Gasteiger partial charge in [-0.15, -0.1) is 0 Å². The second kappa shape index (κ2) is 9.87. The highest BCUT2D eigenvalue weighted by Gasteiger charge is 2.27. The Morgan fingerprint density at radius 2 is 1.82 bits per heavy atom. The Hall–Kier alpha value is -3.65. The van der Waals surface area contributed by atoms with E-state index in [2.05, 4.69) is 10.6 Å². The van der Waals surface area contributed by atoms with Crippen molar-refractivity contribution >= 4 is 17.6 Å². The van der Waals surface area contributed by atoms with Crippen molar-refractivity contribution in [2.45, 2.75) is 32.4 Å². The standard InChI is InChI=1S/C25H29N5O3/c1-16-5-3-4-6-20(16)25(32)28-15-17-7-9-18(10-8-17)22-21(23(26)31)24(27-2)30(29-22)19-11-13-33-14-12-19/h3-10,19,27H,11-15H2,1-2H3,(H2,26,31)(H,28,32). The summed E-state index contributed by atoms with van der Waals surface area (Å²) in [4.78, 5) is 24.8. The van der Waals surface area contributed by atoms with Crippen LogP contribution in [0.15, 0.2) is 48.5 Å². The number of primary amides is 1. The van der Waals surface area contributed by atoms with Crippen LogP contribution in [0.5, 0.6) is 0 Å². The fourth-order valence-corrected chi connectivity index (χ4v) is 4.19. The molecule has 4 rings (SSSR count). The first-order valence-electron chi connectivity index (χ1n) is 11.1. The molecule has 2 heterocycles. The highest BCUT2D eigenvalue weighted by atomic mass is 16.5. The van der Waals surface area contributed by atoms with Crippen molar-refractivity contribution in [2.24, 2.45) is 5.73 Å². The summed E-state index contributed by atoms with van der Waals surface area (Å²) in [6.45, 7) is 3.64. The quantitative estimate of drug-likeness (QED) is 0.515. The smallest absolute Gasteiger partial charge is 0.254 e. The Morgan fingerprint density at radius 1 is 1.12 bits per heavy atom. The summed E-state index contributed by atoms with van der Waals surface area (Å²) in [5.74, 6) is -0.0109. The number of rotatable bonds is 7. The van der Waals surface area contributed by atoms with Gasteiger partial charge in [-0.2, -0.15) is 5.10 Å². The summed E-state index contributed by atoms with van der Waals surface area (Å²) in [5, 5.41) is 10.8. The number of aromatic nitrogens is 2. The largest absolute Gasteiger partial charge is 0.381 e. The van der Waals surface area contributed by atoms with Crippen LogP contribution in [-0.4, -0.2) is 41.9 Å². The van der Waals surface area contributed by atoms with E-state index in [0.29, 0.717) is 42.4 Å². The third-order valence-corrected chi connectivity index (χ3v) is 6.00. The molecule has 2 amide bonds. The number of nitrogens with two attached hydrogens (primary N) is 1. The van der Waals surface area contributed by atoms with Crippen LogP contribution >= 0.6 is 0 Å². The monoisotopic (exact) mass is 447 g/mol. The number of anilines is 1. The van der Waals surface area contributed by atoms with Crippen molar-refractivity contribution in [2.75, 3.05) is 25.6 Å². The van der Waals surface area contributed by atoms with Crippen LogP contribution in [0.2, 0.25) is 0 Å². The molecule has 33 heavy (non-hydrogen) atoms. The van der Waals surface area contributed by atoms with Gasteiger partial charge in [0.1, 0.15) is 17.1 Å². The molecule has 172 valence electrons. The van der Waals surface area contributed by atoms with Crippen LogP contribution in [0.3, 0.4) is 0 Å². The number of ether oxygens (including phenoxy) is 1. The first-order chi connectivity index (χ1) is 16.0. The summed E-state index contributed by atoms with van der Waals surface area (Å²) in [5.41, 5.74) is 10.0. The van der Waals surface area contributed by atoms with Crippen LogP contribution in [0.25, 0.3) is 11.3 Å². The van der Waals surface area contributed by atoms with E-state index in [9.17, 15) is 9.59 Å². The zero-order valence-corrected chi connectivity index (χ0v) is 18.9. The van der Waals surface area contributed by atoms with Gasteiger partial charge in [0.25, 0.3) is 11.8 Å². The lowest BCUT2D eigenvalue weighted by Crippen LogP contribution is -2.23. The van der Waals surface area contributed by atoms with E-state index < -0.39 is 5.91 Å². The van der Waals surface area contributed by atoms with Gasteiger partial charge < -0.3 is 21.1 Å². The number of hydrogen-bond acceptors (Lipinski definition) is 5. The molecule has 1 fully saturated rings. The molecule has 0 unspecified atom stereocenters. The van der Waals surface area contributed by atoms with Gasteiger partial charge >= 0.3 is 0 Å². The minimum atomic E-state index is -0.526. The zero-order chi connectivity index (χ0) is 23.4. The van der Waals surface area contributed by atoms with Gasteiger partial charge in [0.05, 0.1) is 6.04 Å². The fourth-order valence-electron chi connectivity index (χ4n) is 4.19. The maximum absolute atomic E-state index is 12.5. The van der Waals surface area contributed by atoms with Gasteiger partial charge in [-0.1, -0.05) is 42.5 Å². The van der Waals surface area contributed by atoms with Crippen molar-refractivity contribution in [1.82, 2.24) is 15.1 Å².